The number of para-hydroxylation sites is 1. The first-order chi connectivity index (χ1) is 19.8. The van der Waals surface area contributed by atoms with Crippen LogP contribution in [-0.2, 0) is 16.6 Å². The van der Waals surface area contributed by atoms with E-state index >= 15 is 0 Å². The number of rotatable bonds is 7. The van der Waals surface area contributed by atoms with Gasteiger partial charge < -0.3 is 10.2 Å². The van der Waals surface area contributed by atoms with E-state index in [9.17, 15) is 18.0 Å². The Bertz CT molecular complexity index is 1470. The topological polar surface area (TPSA) is 90.0 Å². The van der Waals surface area contributed by atoms with Gasteiger partial charge in [0.05, 0.1) is 16.1 Å². The molecule has 0 spiro atoms. The number of likely N-dealkylation sites (tertiary alicyclic amines) is 1. The van der Waals surface area contributed by atoms with Crippen LogP contribution in [0.2, 0.25) is 0 Å². The molecule has 5 rings (SSSR count). The Morgan fingerprint density at radius 2 is 1.46 bits per heavy atom. The summed E-state index contributed by atoms with van der Waals surface area (Å²) in [7, 11) is -3.51. The van der Waals surface area contributed by atoms with Gasteiger partial charge in [0.2, 0.25) is 10.0 Å². The first-order valence-corrected chi connectivity index (χ1v) is 15.8. The summed E-state index contributed by atoms with van der Waals surface area (Å²) >= 11 is 0. The fraction of sp³-hybridized carbons (Fsp3) is 0.375. The molecule has 41 heavy (non-hydrogen) atoms. The highest BCUT2D eigenvalue weighted by Crippen LogP contribution is 2.22. The molecule has 0 aromatic heterocycles. The average Bonchev–Trinajstić information content (AvgIpc) is 3.28. The van der Waals surface area contributed by atoms with Gasteiger partial charge in [0.25, 0.3) is 11.8 Å². The van der Waals surface area contributed by atoms with E-state index in [-0.39, 0.29) is 11.8 Å². The molecule has 8 nitrogen and oxygen atoms in total. The zero-order valence-corrected chi connectivity index (χ0v) is 24.4. The smallest absolute Gasteiger partial charge is 0.255 e. The zero-order chi connectivity index (χ0) is 28.8. The number of anilines is 1. The van der Waals surface area contributed by atoms with Gasteiger partial charge in [-0.3, -0.25) is 14.5 Å². The molecular formula is C32H38N4O4S. The second-order valence-corrected chi connectivity index (χ2v) is 12.8. The molecule has 0 bridgehead atoms. The predicted octanol–water partition coefficient (Wildman–Crippen LogP) is 4.77. The SMILES string of the molecule is Cc1ccc(S(=O)(=O)N2CCN(Cc3cccc(C(=O)Nc4ccccc4C(=O)N4CCCCCC4)c3)CC2)cc1. The highest BCUT2D eigenvalue weighted by Gasteiger charge is 2.28. The van der Waals surface area contributed by atoms with Crippen LogP contribution in [0.25, 0.3) is 0 Å². The van der Waals surface area contributed by atoms with Crippen molar-refractivity contribution in [1.82, 2.24) is 14.1 Å². The summed E-state index contributed by atoms with van der Waals surface area (Å²) in [6.45, 7) is 6.08. The highest BCUT2D eigenvalue weighted by atomic mass is 32.2. The van der Waals surface area contributed by atoms with Gasteiger partial charge in [0.15, 0.2) is 0 Å². The number of hydrogen-bond acceptors (Lipinski definition) is 5. The molecule has 0 radical (unpaired) electrons. The summed E-state index contributed by atoms with van der Waals surface area (Å²) in [6, 6.07) is 21.6. The second kappa shape index (κ2) is 13.0. The van der Waals surface area contributed by atoms with Crippen LogP contribution < -0.4 is 5.32 Å². The molecule has 0 unspecified atom stereocenters. The van der Waals surface area contributed by atoms with Gasteiger partial charge >= 0.3 is 0 Å². The quantitative estimate of drug-likeness (QED) is 0.439. The first kappa shape index (κ1) is 29.0. The Morgan fingerprint density at radius 1 is 0.780 bits per heavy atom. The fourth-order valence-corrected chi connectivity index (χ4v) is 6.90. The van der Waals surface area contributed by atoms with Crippen LogP contribution >= 0.6 is 0 Å². The van der Waals surface area contributed by atoms with Crippen LogP contribution in [0.15, 0.2) is 77.7 Å². The zero-order valence-electron chi connectivity index (χ0n) is 23.6. The van der Waals surface area contributed by atoms with Crippen molar-refractivity contribution in [2.24, 2.45) is 0 Å². The van der Waals surface area contributed by atoms with Crippen LogP contribution in [0.4, 0.5) is 5.69 Å². The molecule has 9 heteroatoms. The summed E-state index contributed by atoms with van der Waals surface area (Å²) in [5, 5.41) is 2.96. The maximum atomic E-state index is 13.3. The molecule has 1 N–H and O–H groups in total. The largest absolute Gasteiger partial charge is 0.339 e. The van der Waals surface area contributed by atoms with Crippen molar-refractivity contribution in [1.29, 1.82) is 0 Å². The normalized spacial score (nSPS) is 17.1. The number of hydrogen-bond donors (Lipinski definition) is 1. The highest BCUT2D eigenvalue weighted by molar-refractivity contribution is 7.89. The van der Waals surface area contributed by atoms with Crippen LogP contribution in [0.1, 0.15) is 57.5 Å². The summed E-state index contributed by atoms with van der Waals surface area (Å²) < 4.78 is 27.6. The van der Waals surface area contributed by atoms with Crippen molar-refractivity contribution in [2.45, 2.75) is 44.0 Å². The minimum absolute atomic E-state index is 0.0416. The molecule has 0 aliphatic carbocycles. The number of nitrogens with one attached hydrogen (secondary N) is 1. The maximum Gasteiger partial charge on any atom is 0.255 e. The molecule has 2 amide bonds. The van der Waals surface area contributed by atoms with Crippen molar-refractivity contribution >= 4 is 27.5 Å². The van der Waals surface area contributed by atoms with E-state index in [1.807, 2.05) is 54.3 Å². The van der Waals surface area contributed by atoms with E-state index in [0.717, 1.165) is 49.9 Å². The minimum Gasteiger partial charge on any atom is -0.339 e. The number of benzene rings is 3. The Balaban J connectivity index is 1.20. The number of carbonyl (C=O) groups excluding carboxylic acids is 2. The van der Waals surface area contributed by atoms with Gasteiger partial charge in [-0.25, -0.2) is 8.42 Å². The molecule has 3 aromatic rings. The molecule has 2 heterocycles. The lowest BCUT2D eigenvalue weighted by molar-refractivity contribution is 0.0762. The van der Waals surface area contributed by atoms with Gasteiger partial charge in [-0.05, 0) is 61.7 Å². The van der Waals surface area contributed by atoms with Crippen molar-refractivity contribution in [3.8, 4) is 0 Å². The Morgan fingerprint density at radius 3 is 2.17 bits per heavy atom. The molecule has 2 aliphatic heterocycles. The monoisotopic (exact) mass is 574 g/mol. The molecule has 0 saturated carbocycles. The van der Waals surface area contributed by atoms with E-state index in [1.165, 1.54) is 0 Å². The molecule has 3 aromatic carbocycles. The van der Waals surface area contributed by atoms with Gasteiger partial charge in [0, 0.05) is 51.4 Å². The lowest BCUT2D eigenvalue weighted by Gasteiger charge is -2.34. The summed E-state index contributed by atoms with van der Waals surface area (Å²) in [5.74, 6) is -0.308. The first-order valence-electron chi connectivity index (χ1n) is 14.4. The van der Waals surface area contributed by atoms with E-state index < -0.39 is 10.0 Å². The van der Waals surface area contributed by atoms with Crippen LogP contribution in [0.5, 0.6) is 0 Å². The van der Waals surface area contributed by atoms with E-state index in [1.54, 1.807) is 34.6 Å². The van der Waals surface area contributed by atoms with Crippen LogP contribution in [0.3, 0.4) is 0 Å². The predicted molar refractivity (Wildman–Crippen MR) is 160 cm³/mol. The third-order valence-electron chi connectivity index (χ3n) is 7.88. The Kier molecular flexibility index (Phi) is 9.17. The third-order valence-corrected chi connectivity index (χ3v) is 9.80. The molecule has 2 saturated heterocycles. The number of amides is 2. The molecule has 2 aliphatic rings. The van der Waals surface area contributed by atoms with Crippen molar-refractivity contribution < 1.29 is 18.0 Å². The second-order valence-electron chi connectivity index (χ2n) is 10.9. The van der Waals surface area contributed by atoms with Crippen molar-refractivity contribution in [2.75, 3.05) is 44.6 Å². The van der Waals surface area contributed by atoms with E-state index in [4.69, 9.17) is 0 Å². The van der Waals surface area contributed by atoms with Gasteiger partial charge in [-0.1, -0.05) is 54.8 Å². The molecular weight excluding hydrogens is 536 g/mol. The minimum atomic E-state index is -3.51. The average molecular weight is 575 g/mol. The maximum absolute atomic E-state index is 13.3. The lowest BCUT2D eigenvalue weighted by atomic mass is 10.1. The van der Waals surface area contributed by atoms with Crippen molar-refractivity contribution in [3.63, 3.8) is 0 Å². The summed E-state index contributed by atoms with van der Waals surface area (Å²) in [5.41, 5.74) is 3.54. The number of piperazine rings is 1. The van der Waals surface area contributed by atoms with E-state index in [2.05, 4.69) is 10.2 Å². The Hall–Kier alpha value is -3.53. The van der Waals surface area contributed by atoms with E-state index in [0.29, 0.717) is 54.4 Å². The van der Waals surface area contributed by atoms with Crippen LogP contribution in [0, 0.1) is 6.92 Å². The fourth-order valence-electron chi connectivity index (χ4n) is 5.47. The number of aryl methyl sites for hydroxylation is 1. The van der Waals surface area contributed by atoms with Gasteiger partial charge in [0.1, 0.15) is 0 Å². The van der Waals surface area contributed by atoms with Gasteiger partial charge in [-0.2, -0.15) is 4.31 Å². The summed E-state index contributed by atoms with van der Waals surface area (Å²) in [6.07, 6.45) is 4.29. The Labute approximate surface area is 243 Å². The molecule has 0 atom stereocenters. The van der Waals surface area contributed by atoms with Crippen LogP contribution in [-0.4, -0.2) is 73.6 Å². The number of nitrogens with zero attached hydrogens (tertiary/aromatic N) is 3. The standard InChI is InChI=1S/C32H38N4O4S/c1-25-13-15-28(16-14-25)41(39,40)36-21-19-34(20-22-36)24-26-9-8-10-27(23-26)31(37)33-30-12-5-4-11-29(30)32(38)35-17-6-2-3-7-18-35/h4-5,8-16,23H,2-3,6-7,17-22,24H2,1H3,(H,33,37). The molecule has 2 fully saturated rings. The van der Waals surface area contributed by atoms with Gasteiger partial charge in [-0.15, -0.1) is 0 Å². The molecule has 216 valence electrons. The number of carbonyl (C=O) groups is 2. The summed E-state index contributed by atoms with van der Waals surface area (Å²) in [4.78, 5) is 30.9. The third kappa shape index (κ3) is 7.04. The van der Waals surface area contributed by atoms with Crippen molar-refractivity contribution in [3.05, 3.63) is 95.1 Å². The number of sulfonamides is 1. The lowest BCUT2D eigenvalue weighted by Crippen LogP contribution is -2.48.